The molecule has 1 N–H and O–H groups in total. The van der Waals surface area contributed by atoms with Crippen molar-refractivity contribution >= 4 is 0 Å². The van der Waals surface area contributed by atoms with Crippen molar-refractivity contribution in [3.8, 4) is 0 Å². The molecule has 0 spiro atoms. The highest BCUT2D eigenvalue weighted by Gasteiger charge is 2.27. The molecule has 0 radical (unpaired) electrons. The molecule has 2 aliphatic rings. The minimum atomic E-state index is -0.0365. The van der Waals surface area contributed by atoms with Crippen molar-refractivity contribution in [1.82, 2.24) is 9.80 Å². The summed E-state index contributed by atoms with van der Waals surface area (Å²) in [6.07, 6.45) is 4.31. The van der Waals surface area contributed by atoms with Gasteiger partial charge in [-0.3, -0.25) is 9.80 Å². The highest BCUT2D eigenvalue weighted by Crippen LogP contribution is 2.24. The van der Waals surface area contributed by atoms with E-state index < -0.39 is 0 Å². The monoisotopic (exact) mass is 274 g/mol. The molecule has 0 bridgehead atoms. The van der Waals surface area contributed by atoms with Crippen LogP contribution in [0.1, 0.15) is 31.2 Å². The third-order valence-electron chi connectivity index (χ3n) is 4.84. The molecule has 1 aliphatic heterocycles. The molecule has 1 aromatic rings. The predicted octanol–water partition coefficient (Wildman–Crippen LogP) is 2.11. The van der Waals surface area contributed by atoms with Gasteiger partial charge < -0.3 is 5.11 Å². The van der Waals surface area contributed by atoms with Crippen LogP contribution in [0.2, 0.25) is 0 Å². The zero-order valence-corrected chi connectivity index (χ0v) is 12.2. The maximum Gasteiger partial charge on any atom is 0.0541 e. The normalized spacial score (nSPS) is 29.4. The average molecular weight is 274 g/mol. The average Bonchev–Trinajstić information content (AvgIpc) is 2.50. The van der Waals surface area contributed by atoms with Crippen LogP contribution in [0.4, 0.5) is 0 Å². The van der Waals surface area contributed by atoms with Gasteiger partial charge in [0.25, 0.3) is 0 Å². The Hall–Kier alpha value is -0.900. The molecule has 3 nitrogen and oxygen atoms in total. The van der Waals surface area contributed by atoms with Crippen LogP contribution >= 0.6 is 0 Å². The number of aliphatic hydroxyl groups is 1. The van der Waals surface area contributed by atoms with Gasteiger partial charge in [0.15, 0.2) is 0 Å². The summed E-state index contributed by atoms with van der Waals surface area (Å²) in [6.45, 7) is 5.81. The van der Waals surface area contributed by atoms with Crippen LogP contribution in [0.25, 0.3) is 0 Å². The van der Waals surface area contributed by atoms with Gasteiger partial charge in [-0.15, -0.1) is 0 Å². The predicted molar refractivity (Wildman–Crippen MR) is 81.6 cm³/mol. The maximum atomic E-state index is 9.60. The van der Waals surface area contributed by atoms with Crippen LogP contribution in [0.3, 0.4) is 0 Å². The van der Waals surface area contributed by atoms with E-state index in [2.05, 4.69) is 40.1 Å². The second kappa shape index (κ2) is 6.70. The summed E-state index contributed by atoms with van der Waals surface area (Å²) >= 11 is 0. The zero-order chi connectivity index (χ0) is 13.8. The lowest BCUT2D eigenvalue weighted by atomic mass is 9.91. The topological polar surface area (TPSA) is 26.7 Å². The summed E-state index contributed by atoms with van der Waals surface area (Å²) in [5, 5.41) is 9.60. The minimum Gasteiger partial charge on any atom is -0.393 e. The van der Waals surface area contributed by atoms with Gasteiger partial charge in [-0.1, -0.05) is 30.3 Å². The fourth-order valence-corrected chi connectivity index (χ4v) is 3.55. The minimum absolute atomic E-state index is 0.0365. The number of benzene rings is 1. The number of rotatable bonds is 3. The van der Waals surface area contributed by atoms with E-state index in [1.807, 2.05) is 0 Å². The molecule has 0 atom stereocenters. The fraction of sp³-hybridized carbons (Fsp3) is 0.647. The molecule has 20 heavy (non-hydrogen) atoms. The summed E-state index contributed by atoms with van der Waals surface area (Å²) < 4.78 is 0. The SMILES string of the molecule is OC1CCC(N2CCN(Cc3ccccc3)CC2)CC1. The fourth-order valence-electron chi connectivity index (χ4n) is 3.55. The van der Waals surface area contributed by atoms with Crippen molar-refractivity contribution < 1.29 is 5.11 Å². The van der Waals surface area contributed by atoms with Crippen molar-refractivity contribution in [2.45, 2.75) is 44.4 Å². The van der Waals surface area contributed by atoms with Crippen molar-refractivity contribution in [3.63, 3.8) is 0 Å². The second-order valence-corrected chi connectivity index (χ2v) is 6.26. The Morgan fingerprint density at radius 1 is 0.900 bits per heavy atom. The Morgan fingerprint density at radius 2 is 1.55 bits per heavy atom. The van der Waals surface area contributed by atoms with Crippen LogP contribution in [0.5, 0.6) is 0 Å². The standard InChI is InChI=1S/C17H26N2O/c20-17-8-6-16(7-9-17)19-12-10-18(11-13-19)14-15-4-2-1-3-5-15/h1-5,16-17,20H,6-14H2. The van der Waals surface area contributed by atoms with Crippen molar-refractivity contribution in [3.05, 3.63) is 35.9 Å². The number of hydrogen-bond donors (Lipinski definition) is 1. The Morgan fingerprint density at radius 3 is 2.20 bits per heavy atom. The van der Waals surface area contributed by atoms with E-state index in [1.165, 1.54) is 44.6 Å². The van der Waals surface area contributed by atoms with Crippen LogP contribution < -0.4 is 0 Å². The Kier molecular flexibility index (Phi) is 4.71. The van der Waals surface area contributed by atoms with Crippen LogP contribution in [0.15, 0.2) is 30.3 Å². The molecule has 0 aromatic heterocycles. The Bertz CT molecular complexity index is 393. The van der Waals surface area contributed by atoms with Crippen LogP contribution in [-0.4, -0.2) is 53.2 Å². The second-order valence-electron chi connectivity index (χ2n) is 6.26. The van der Waals surface area contributed by atoms with E-state index in [4.69, 9.17) is 0 Å². The molecule has 1 saturated heterocycles. The quantitative estimate of drug-likeness (QED) is 0.914. The van der Waals surface area contributed by atoms with E-state index in [9.17, 15) is 5.11 Å². The smallest absolute Gasteiger partial charge is 0.0541 e. The van der Waals surface area contributed by atoms with Gasteiger partial charge in [-0.25, -0.2) is 0 Å². The third-order valence-corrected chi connectivity index (χ3v) is 4.84. The van der Waals surface area contributed by atoms with Gasteiger partial charge in [-0.2, -0.15) is 0 Å². The first-order chi connectivity index (χ1) is 9.81. The Labute approximate surface area is 122 Å². The molecule has 2 fully saturated rings. The summed E-state index contributed by atoms with van der Waals surface area (Å²) in [7, 11) is 0. The van der Waals surface area contributed by atoms with E-state index in [0.717, 1.165) is 25.4 Å². The van der Waals surface area contributed by atoms with Crippen LogP contribution in [0, 0.1) is 0 Å². The van der Waals surface area contributed by atoms with E-state index in [1.54, 1.807) is 0 Å². The molecule has 3 rings (SSSR count). The molecular formula is C17H26N2O. The van der Waals surface area contributed by atoms with Gasteiger partial charge in [0.05, 0.1) is 6.10 Å². The molecule has 1 aromatic carbocycles. The maximum absolute atomic E-state index is 9.60. The lowest BCUT2D eigenvalue weighted by molar-refractivity contribution is 0.0423. The van der Waals surface area contributed by atoms with Gasteiger partial charge >= 0.3 is 0 Å². The zero-order valence-electron chi connectivity index (χ0n) is 12.2. The summed E-state index contributed by atoms with van der Waals surface area (Å²) in [5.74, 6) is 0. The lowest BCUT2D eigenvalue weighted by Crippen LogP contribution is -2.51. The molecule has 1 saturated carbocycles. The number of aliphatic hydroxyl groups excluding tert-OH is 1. The number of hydrogen-bond acceptors (Lipinski definition) is 3. The first kappa shape index (κ1) is 14.1. The van der Waals surface area contributed by atoms with Gasteiger partial charge in [0, 0.05) is 38.8 Å². The summed E-state index contributed by atoms with van der Waals surface area (Å²) in [4.78, 5) is 5.21. The third kappa shape index (κ3) is 3.60. The van der Waals surface area contributed by atoms with Gasteiger partial charge in [0.2, 0.25) is 0 Å². The largest absolute Gasteiger partial charge is 0.393 e. The first-order valence-electron chi connectivity index (χ1n) is 7.99. The first-order valence-corrected chi connectivity index (χ1v) is 7.99. The van der Waals surface area contributed by atoms with E-state index >= 15 is 0 Å². The van der Waals surface area contributed by atoms with Gasteiger partial charge in [-0.05, 0) is 31.2 Å². The molecule has 0 amide bonds. The molecular weight excluding hydrogens is 248 g/mol. The highest BCUT2D eigenvalue weighted by atomic mass is 16.3. The van der Waals surface area contributed by atoms with E-state index in [0.29, 0.717) is 0 Å². The molecule has 3 heteroatoms. The summed E-state index contributed by atoms with van der Waals surface area (Å²) in [6, 6.07) is 11.5. The molecule has 0 unspecified atom stereocenters. The van der Waals surface area contributed by atoms with Crippen LogP contribution in [-0.2, 0) is 6.54 Å². The molecule has 1 aliphatic carbocycles. The highest BCUT2D eigenvalue weighted by molar-refractivity contribution is 5.14. The van der Waals surface area contributed by atoms with Gasteiger partial charge in [0.1, 0.15) is 0 Å². The van der Waals surface area contributed by atoms with Crippen molar-refractivity contribution in [2.75, 3.05) is 26.2 Å². The molecule has 1 heterocycles. The Balaban J connectivity index is 1.45. The molecule has 110 valence electrons. The summed E-state index contributed by atoms with van der Waals surface area (Å²) in [5.41, 5.74) is 1.42. The van der Waals surface area contributed by atoms with Crippen molar-refractivity contribution in [1.29, 1.82) is 0 Å². The van der Waals surface area contributed by atoms with E-state index in [-0.39, 0.29) is 6.10 Å². The number of piperazine rings is 1. The lowest BCUT2D eigenvalue weighted by Gasteiger charge is -2.41. The van der Waals surface area contributed by atoms with Crippen molar-refractivity contribution in [2.24, 2.45) is 0 Å². The number of nitrogens with zero attached hydrogens (tertiary/aromatic N) is 2.